The summed E-state index contributed by atoms with van der Waals surface area (Å²) in [7, 11) is -26.5. The number of aliphatic hydroxyl groups is 6. The normalized spacial score (nSPS) is 32.0. The van der Waals surface area contributed by atoms with E-state index in [1.54, 1.807) is 0 Å². The van der Waals surface area contributed by atoms with Gasteiger partial charge in [-0.15, -0.1) is 9.42 Å². The van der Waals surface area contributed by atoms with E-state index >= 15 is 0 Å². The quantitative estimate of drug-likeness (QED) is 0.0203. The van der Waals surface area contributed by atoms with Crippen molar-refractivity contribution < 1.29 is 142 Å². The van der Waals surface area contributed by atoms with E-state index in [4.69, 9.17) is 81.6 Å². The van der Waals surface area contributed by atoms with Gasteiger partial charge < -0.3 is 91.1 Å². The van der Waals surface area contributed by atoms with Gasteiger partial charge in [-0.25, -0.2) is 62.7 Å². The van der Waals surface area contributed by atoms with E-state index in [-0.39, 0.29) is 39.6 Å². The van der Waals surface area contributed by atoms with Crippen molar-refractivity contribution in [3.63, 3.8) is 0 Å². The molecule has 54 nitrogen and oxygen atoms in total. The molecule has 0 bridgehead atoms. The summed E-state index contributed by atoms with van der Waals surface area (Å²) in [5.74, 6) is -0.771. The molecule has 5 aliphatic rings. The van der Waals surface area contributed by atoms with Crippen LogP contribution in [0.25, 0.3) is 33.5 Å². The molecule has 13 rings (SSSR count). The topological polar surface area (TPSA) is 776 Å². The van der Waals surface area contributed by atoms with Crippen LogP contribution in [0.15, 0.2) is 80.1 Å². The number of aliphatic hydroxyl groups excluding tert-OH is 6. The van der Waals surface area contributed by atoms with Gasteiger partial charge in [0.05, 0.1) is 45.4 Å². The first-order valence-electron chi connectivity index (χ1n) is 30.5. The maximum atomic E-state index is 14.3. The van der Waals surface area contributed by atoms with Crippen molar-refractivity contribution >= 4 is 90.6 Å². The van der Waals surface area contributed by atoms with Gasteiger partial charge in [0, 0.05) is 29.1 Å². The summed E-state index contributed by atoms with van der Waals surface area (Å²) in [4.78, 5) is 155. The van der Waals surface area contributed by atoms with E-state index in [0.717, 1.165) is 69.9 Å². The number of phosphoric ester groups is 4. The standard InChI is InChI=1S/C48H58N19O35P5/c49-35-22-37(54-10-52-35)65(12-56-22)43-28(73)31(16(95-43)5-89-103(79)80)99-105(83,84)92-8-18-33(29(74)44(97-18)66-13-57-23-36(50)53-11-55-38(23)66)102-107(87,88)91-7-17-32(27(72)42(96-17)64-4-2-21(69)60-48(64)78)100-106(85,86)93-9-19-34(30(75)45(98-19)67-14-58-24-39(67)61-46(51)62-40(24)76)101-104(81,82)90-6-15-25(70)26(71)41(94-15)63-3-1-20(68)59-47(63)77/h1-4,10-19,25-34,41-45,70-75H,5-9H2,(H13-,49,50,51,52,53,54,55,59,60,61,62,68,69,76,77,78,79,80,81,82,83,84,85,86,87,88)/p+1/t15-,16-,17-,18-,19-,25-,26-,27-,28-,29-,30-,31-,32-,33-,34-,41-,42-,43-,44-,45-/m1/s1. The molecule has 107 heavy (non-hydrogen) atoms. The minimum Gasteiger partial charge on any atom is -0.387 e. The van der Waals surface area contributed by atoms with Crippen molar-refractivity contribution in [2.45, 2.75) is 123 Å². The summed E-state index contributed by atoms with van der Waals surface area (Å²) in [6.07, 6.45) is -33.6. The van der Waals surface area contributed by atoms with Crippen LogP contribution in [-0.4, -0.2) is 257 Å². The number of H-pyrrole nitrogens is 3. The van der Waals surface area contributed by atoms with Crippen LogP contribution in [0, 0.1) is 0 Å². The summed E-state index contributed by atoms with van der Waals surface area (Å²) in [6, 6.07) is 1.64. The Balaban J connectivity index is 0.729. The molecule has 13 heterocycles. The number of hydrogen-bond acceptors (Lipinski definition) is 41. The molecule has 0 amide bonds. The van der Waals surface area contributed by atoms with Crippen molar-refractivity contribution in [1.29, 1.82) is 0 Å². The average molecular weight is 1620 g/mol. The monoisotopic (exact) mass is 1620 g/mol. The zero-order valence-electron chi connectivity index (χ0n) is 53.3. The van der Waals surface area contributed by atoms with Gasteiger partial charge in [0.25, 0.3) is 16.7 Å². The Hall–Kier alpha value is -7.77. The fraction of sp³-hybridized carbons (Fsp3) is 0.521. The third-order valence-electron chi connectivity index (χ3n) is 16.8. The number of aromatic nitrogens is 16. The van der Waals surface area contributed by atoms with Gasteiger partial charge in [-0.1, -0.05) is 0 Å². The van der Waals surface area contributed by atoms with E-state index in [1.165, 1.54) is 0 Å². The van der Waals surface area contributed by atoms with Crippen LogP contribution in [0.4, 0.5) is 17.6 Å². The maximum Gasteiger partial charge on any atom is 0.694 e. The van der Waals surface area contributed by atoms with Crippen molar-refractivity contribution in [3.05, 3.63) is 108 Å². The zero-order chi connectivity index (χ0) is 76.7. The molecule has 5 fully saturated rings. The maximum absolute atomic E-state index is 14.3. The number of nitrogens with one attached hydrogen (secondary N) is 3. The van der Waals surface area contributed by atoms with Crippen molar-refractivity contribution in [2.75, 3.05) is 50.2 Å². The van der Waals surface area contributed by atoms with Crippen LogP contribution in [0.5, 0.6) is 0 Å². The minimum absolute atomic E-state index is 0.0181. The van der Waals surface area contributed by atoms with Gasteiger partial charge in [0.2, 0.25) is 5.95 Å². The van der Waals surface area contributed by atoms with Crippen LogP contribution in [0.1, 0.15) is 31.1 Å². The number of fused-ring (bicyclic) bond motifs is 3. The van der Waals surface area contributed by atoms with Gasteiger partial charge >= 0.3 is 50.9 Å². The molecule has 5 unspecified atom stereocenters. The predicted octanol–water partition coefficient (Wildman–Crippen LogP) is -7.03. The first-order valence-corrected chi connectivity index (χ1v) is 37.7. The Morgan fingerprint density at radius 1 is 0.439 bits per heavy atom. The van der Waals surface area contributed by atoms with Gasteiger partial charge in [-0.2, -0.15) is 4.98 Å². The second-order valence-electron chi connectivity index (χ2n) is 23.6. The molecule has 8 aromatic heterocycles. The third kappa shape index (κ3) is 16.0. The highest BCUT2D eigenvalue weighted by molar-refractivity contribution is 7.48. The van der Waals surface area contributed by atoms with Crippen molar-refractivity contribution in [3.8, 4) is 0 Å². The molecule has 25 atom stereocenters. The van der Waals surface area contributed by atoms with Gasteiger partial charge in [0.15, 0.2) is 65.2 Å². The number of nitrogens with zero attached hydrogens (tertiary/aromatic N) is 13. The zero-order valence-corrected chi connectivity index (χ0v) is 57.8. The lowest BCUT2D eigenvalue weighted by molar-refractivity contribution is -0.0653. The van der Waals surface area contributed by atoms with Crippen LogP contribution in [0.2, 0.25) is 0 Å². The summed E-state index contributed by atoms with van der Waals surface area (Å²) < 4.78 is 148. The number of imidazole rings is 3. The number of ether oxygens (including phenoxy) is 5. The minimum atomic E-state index is -5.93. The molecule has 0 spiro atoms. The number of aromatic amines is 3. The Kier molecular flexibility index (Phi) is 21.9. The molecule has 20 N–H and O–H groups in total. The van der Waals surface area contributed by atoms with Crippen molar-refractivity contribution in [1.82, 2.24) is 77.7 Å². The van der Waals surface area contributed by atoms with E-state index < -0.39 is 235 Å². The molecule has 0 aromatic carbocycles. The van der Waals surface area contributed by atoms with Gasteiger partial charge in [-0.3, -0.25) is 88.4 Å². The first kappa shape index (κ1) is 77.4. The molecule has 5 aliphatic heterocycles. The molecule has 0 aliphatic carbocycles. The van der Waals surface area contributed by atoms with Crippen LogP contribution in [0.3, 0.4) is 0 Å². The van der Waals surface area contributed by atoms with Gasteiger partial charge in [-0.05, 0) is 0 Å². The molecule has 5 saturated heterocycles. The van der Waals surface area contributed by atoms with Crippen molar-refractivity contribution in [2.24, 2.45) is 0 Å². The van der Waals surface area contributed by atoms with Crippen LogP contribution < -0.4 is 45.3 Å². The van der Waals surface area contributed by atoms with E-state index in [9.17, 15) is 102 Å². The number of nitrogen functional groups attached to an aromatic ring is 3. The highest BCUT2D eigenvalue weighted by Gasteiger charge is 2.57. The number of rotatable bonds is 28. The van der Waals surface area contributed by atoms with Crippen LogP contribution >= 0.6 is 39.5 Å². The average Bonchev–Trinajstić information content (AvgIpc) is 1.63. The first-order chi connectivity index (χ1) is 50.5. The number of phosphoric acid groups is 4. The summed E-state index contributed by atoms with van der Waals surface area (Å²) in [5.41, 5.74) is 11.6. The Morgan fingerprint density at radius 2 is 0.776 bits per heavy atom. The summed E-state index contributed by atoms with van der Waals surface area (Å²) >= 11 is 0. The summed E-state index contributed by atoms with van der Waals surface area (Å²) in [6.45, 7) is -6.08. The molecule has 580 valence electrons. The van der Waals surface area contributed by atoms with E-state index in [2.05, 4.69) is 44.9 Å². The fourth-order valence-electron chi connectivity index (χ4n) is 12.0. The lowest BCUT2D eigenvalue weighted by atomic mass is 10.1. The second kappa shape index (κ2) is 30.2. The largest absolute Gasteiger partial charge is 0.694 e. The molecule has 0 saturated carbocycles. The molecule has 8 aromatic rings. The molecule has 59 heteroatoms. The predicted molar refractivity (Wildman–Crippen MR) is 339 cm³/mol. The lowest BCUT2D eigenvalue weighted by Crippen LogP contribution is -2.39. The Bertz CT molecular complexity index is 5200. The smallest absolute Gasteiger partial charge is 0.387 e. The SMILES string of the molecule is Nc1nc2c(ncn2[C@@H]2O[C@H](COP(=O)(O)O[C@H]3[C@@H](O)[C@H](n4ccc(=O)[nH]c4=O)O[C@@H]3COP(=O)(O)O[C@H]3[C@@H](O)[C@H](n4cnc5c(N)ncnc54)O[C@@H]3COP(=O)(O)O[C@H]3[C@@H](O)[C@H](n4cnc5c(N)ncnc54)O[C@@H]3CO[P+](=O)O)[C@@H](OP(=O)(O)OC[C@H]3O[C@@H](n4ccc(=O)[nH]c4=O)[C@H](O)[C@@H]3O)[C@H]2O)c(=O)[nH]1. The van der Waals surface area contributed by atoms with E-state index in [1.807, 2.05) is 9.97 Å². The lowest BCUT2D eigenvalue weighted by Gasteiger charge is -2.27. The van der Waals surface area contributed by atoms with E-state index in [0.29, 0.717) is 9.13 Å². The Labute approximate surface area is 590 Å². The highest BCUT2D eigenvalue weighted by Crippen LogP contribution is 2.56. The van der Waals surface area contributed by atoms with Gasteiger partial charge in [0.1, 0.15) is 122 Å². The second-order valence-corrected chi connectivity index (χ2v) is 30.0. The highest BCUT2D eigenvalue weighted by atomic mass is 31.2. The Morgan fingerprint density at radius 3 is 1.16 bits per heavy atom. The molecular formula is C48H59N19O35P5+. The number of hydrogen-bond donors (Lipinski definition) is 17. The fourth-order valence-corrected chi connectivity index (χ4v) is 16.1. The molecule has 0 radical (unpaired) electrons. The molecular weight excluding hydrogens is 1560 g/mol. The number of nitrogens with two attached hydrogens (primary N) is 3. The summed E-state index contributed by atoms with van der Waals surface area (Å²) in [5, 5.41) is 68.6. The third-order valence-corrected chi connectivity index (χ3v) is 21.2. The van der Waals surface area contributed by atoms with Crippen LogP contribution in [-0.2, 0) is 87.2 Å². The number of anilines is 3.